The Bertz CT molecular complexity index is 1010. The molecule has 3 rings (SSSR count). The monoisotopic (exact) mass is 420 g/mol. The van der Waals surface area contributed by atoms with Gasteiger partial charge in [0.15, 0.2) is 5.82 Å². The molecule has 3 aromatic rings. The van der Waals surface area contributed by atoms with Crippen LogP contribution in [0.15, 0.2) is 18.2 Å². The molecule has 29 heavy (non-hydrogen) atoms. The van der Waals surface area contributed by atoms with E-state index in [0.717, 1.165) is 45.7 Å². The maximum Gasteiger partial charge on any atom is 0.330 e. The molecule has 0 unspecified atom stereocenters. The Morgan fingerprint density at radius 3 is 2.55 bits per heavy atom. The van der Waals surface area contributed by atoms with E-state index in [9.17, 15) is 4.57 Å². The Balaban J connectivity index is 1.82. The van der Waals surface area contributed by atoms with Crippen LogP contribution in [-0.4, -0.2) is 48.0 Å². The molecule has 0 spiro atoms. The van der Waals surface area contributed by atoms with Crippen LogP contribution in [0.4, 0.5) is 5.82 Å². The number of methoxy groups -OCH3 is 1. The van der Waals surface area contributed by atoms with Crippen molar-refractivity contribution in [1.82, 2.24) is 15.0 Å². The van der Waals surface area contributed by atoms with Gasteiger partial charge in [-0.2, -0.15) is 0 Å². The summed E-state index contributed by atoms with van der Waals surface area (Å²) in [7, 11) is -1.38. The first-order valence-corrected chi connectivity index (χ1v) is 11.7. The van der Waals surface area contributed by atoms with Crippen LogP contribution in [0.1, 0.15) is 33.0 Å². The maximum absolute atomic E-state index is 12.6. The number of H-pyrrole nitrogens is 1. The standard InChI is InChI=1S/C20H29N4O4P/c1-5-17-23-18-15-10-9-14(26-4)13-16(15)22-19(18)20(24-17)21-11-8-12-29(25,27-6-2)28-7-3/h9-10,13,22H,5-8,11-12H2,1-4H3,(H,21,23,24). The highest BCUT2D eigenvalue weighted by Crippen LogP contribution is 2.48. The van der Waals surface area contributed by atoms with E-state index in [-0.39, 0.29) is 0 Å². The zero-order chi connectivity index (χ0) is 20.9. The molecule has 2 heterocycles. The number of aromatic amines is 1. The average molecular weight is 420 g/mol. The van der Waals surface area contributed by atoms with Gasteiger partial charge in [0.1, 0.15) is 22.6 Å². The van der Waals surface area contributed by atoms with Crippen molar-refractivity contribution in [2.45, 2.75) is 33.6 Å². The van der Waals surface area contributed by atoms with Crippen molar-refractivity contribution in [3.05, 3.63) is 24.0 Å². The van der Waals surface area contributed by atoms with Gasteiger partial charge >= 0.3 is 7.60 Å². The predicted molar refractivity (Wildman–Crippen MR) is 116 cm³/mol. The summed E-state index contributed by atoms with van der Waals surface area (Å²) in [6.45, 7) is 7.00. The Kier molecular flexibility index (Phi) is 7.11. The zero-order valence-electron chi connectivity index (χ0n) is 17.4. The number of fused-ring (bicyclic) bond motifs is 3. The average Bonchev–Trinajstić information content (AvgIpc) is 3.09. The minimum absolute atomic E-state index is 0.362. The van der Waals surface area contributed by atoms with Gasteiger partial charge in [-0.05, 0) is 32.4 Å². The summed E-state index contributed by atoms with van der Waals surface area (Å²) in [4.78, 5) is 12.8. The number of rotatable bonds is 11. The molecule has 0 fully saturated rings. The van der Waals surface area contributed by atoms with Crippen molar-refractivity contribution in [1.29, 1.82) is 0 Å². The lowest BCUT2D eigenvalue weighted by molar-refractivity contribution is 0.220. The SMILES string of the molecule is CCOP(=O)(CCCNc1nc(CC)nc2c1[nH]c1cc(OC)ccc12)OCC. The summed E-state index contributed by atoms with van der Waals surface area (Å²) in [5, 5.41) is 4.39. The number of hydrogen-bond acceptors (Lipinski definition) is 7. The van der Waals surface area contributed by atoms with Gasteiger partial charge in [0, 0.05) is 24.4 Å². The Morgan fingerprint density at radius 2 is 1.90 bits per heavy atom. The molecule has 0 aliphatic carbocycles. The van der Waals surface area contributed by atoms with Crippen LogP contribution in [0.25, 0.3) is 21.9 Å². The smallest absolute Gasteiger partial charge is 0.330 e. The summed E-state index contributed by atoms with van der Waals surface area (Å²) in [5.74, 6) is 2.29. The summed E-state index contributed by atoms with van der Waals surface area (Å²) >= 11 is 0. The highest BCUT2D eigenvalue weighted by Gasteiger charge is 2.22. The molecule has 2 N–H and O–H groups in total. The second-order valence-electron chi connectivity index (χ2n) is 6.55. The first kappa shape index (κ1) is 21.6. The van der Waals surface area contributed by atoms with Gasteiger partial charge in [-0.15, -0.1) is 0 Å². The lowest BCUT2D eigenvalue weighted by Gasteiger charge is -2.17. The lowest BCUT2D eigenvalue weighted by Crippen LogP contribution is -2.09. The van der Waals surface area contributed by atoms with Gasteiger partial charge in [-0.3, -0.25) is 4.57 Å². The molecule has 2 aromatic heterocycles. The number of nitrogens with zero attached hydrogens (tertiary/aromatic N) is 2. The quantitative estimate of drug-likeness (QED) is 0.341. The Hall–Kier alpha value is -2.15. The topological polar surface area (TPSA) is 98.4 Å². The number of hydrogen-bond donors (Lipinski definition) is 2. The fraction of sp³-hybridized carbons (Fsp3) is 0.500. The van der Waals surface area contributed by atoms with E-state index >= 15 is 0 Å². The number of nitrogens with one attached hydrogen (secondary N) is 2. The van der Waals surface area contributed by atoms with Gasteiger partial charge < -0.3 is 24.1 Å². The number of benzene rings is 1. The van der Waals surface area contributed by atoms with E-state index in [4.69, 9.17) is 18.8 Å². The molecule has 0 saturated carbocycles. The fourth-order valence-electron chi connectivity index (χ4n) is 3.24. The normalized spacial score (nSPS) is 12.0. The molecule has 0 radical (unpaired) electrons. The van der Waals surface area contributed by atoms with E-state index < -0.39 is 7.60 Å². The van der Waals surface area contributed by atoms with Crippen molar-refractivity contribution >= 4 is 35.3 Å². The van der Waals surface area contributed by atoms with Crippen LogP contribution in [0, 0.1) is 0 Å². The Morgan fingerprint density at radius 1 is 1.14 bits per heavy atom. The fourth-order valence-corrected chi connectivity index (χ4v) is 4.91. The predicted octanol–water partition coefficient (Wildman–Crippen LogP) is 4.75. The molecular weight excluding hydrogens is 391 g/mol. The number of anilines is 1. The molecule has 158 valence electrons. The van der Waals surface area contributed by atoms with Gasteiger partial charge in [0.2, 0.25) is 0 Å². The molecule has 0 saturated heterocycles. The molecule has 8 nitrogen and oxygen atoms in total. The summed E-state index contributed by atoms with van der Waals surface area (Å²) in [6.07, 6.45) is 1.73. The van der Waals surface area contributed by atoms with Gasteiger partial charge in [0.25, 0.3) is 0 Å². The molecule has 0 atom stereocenters. The third-order valence-corrected chi connectivity index (χ3v) is 6.73. The minimum atomic E-state index is -3.03. The van der Waals surface area contributed by atoms with Crippen molar-refractivity contribution in [3.8, 4) is 5.75 Å². The third kappa shape index (κ3) is 4.89. The molecule has 0 aliphatic heterocycles. The summed E-state index contributed by atoms with van der Waals surface area (Å²) in [6, 6.07) is 5.88. The van der Waals surface area contributed by atoms with Crippen LogP contribution in [0.3, 0.4) is 0 Å². The first-order chi connectivity index (χ1) is 14.0. The second kappa shape index (κ2) is 9.57. The summed E-state index contributed by atoms with van der Waals surface area (Å²) < 4.78 is 28.6. The van der Waals surface area contributed by atoms with Crippen molar-refractivity contribution in [2.75, 3.05) is 38.3 Å². The summed E-state index contributed by atoms with van der Waals surface area (Å²) in [5.41, 5.74) is 2.68. The zero-order valence-corrected chi connectivity index (χ0v) is 18.3. The third-order valence-electron chi connectivity index (χ3n) is 4.57. The number of aryl methyl sites for hydroxylation is 1. The van der Waals surface area contributed by atoms with Crippen LogP contribution in [-0.2, 0) is 20.0 Å². The highest BCUT2D eigenvalue weighted by molar-refractivity contribution is 7.53. The lowest BCUT2D eigenvalue weighted by atomic mass is 10.2. The maximum atomic E-state index is 12.6. The first-order valence-electron chi connectivity index (χ1n) is 10.0. The molecule has 9 heteroatoms. The van der Waals surface area contributed by atoms with Gasteiger partial charge in [-0.25, -0.2) is 9.97 Å². The van der Waals surface area contributed by atoms with E-state index in [1.54, 1.807) is 7.11 Å². The molecule has 0 amide bonds. The minimum Gasteiger partial charge on any atom is -0.497 e. The van der Waals surface area contributed by atoms with Crippen molar-refractivity contribution < 1.29 is 18.3 Å². The highest BCUT2D eigenvalue weighted by atomic mass is 31.2. The number of aromatic nitrogens is 3. The number of ether oxygens (including phenoxy) is 1. The van der Waals surface area contributed by atoms with E-state index in [0.29, 0.717) is 32.3 Å². The van der Waals surface area contributed by atoms with E-state index in [1.807, 2.05) is 39.0 Å². The van der Waals surface area contributed by atoms with Crippen LogP contribution in [0.2, 0.25) is 0 Å². The largest absolute Gasteiger partial charge is 0.497 e. The molecule has 0 bridgehead atoms. The Labute approximate surface area is 170 Å². The second-order valence-corrected chi connectivity index (χ2v) is 8.74. The van der Waals surface area contributed by atoms with Crippen LogP contribution < -0.4 is 10.1 Å². The van der Waals surface area contributed by atoms with Gasteiger partial charge in [-0.1, -0.05) is 6.92 Å². The van der Waals surface area contributed by atoms with E-state index in [1.165, 1.54) is 0 Å². The molecule has 1 aromatic carbocycles. The molecule has 0 aliphatic rings. The van der Waals surface area contributed by atoms with Crippen LogP contribution >= 0.6 is 7.60 Å². The van der Waals surface area contributed by atoms with Crippen LogP contribution in [0.5, 0.6) is 5.75 Å². The van der Waals surface area contributed by atoms with Crippen molar-refractivity contribution in [3.63, 3.8) is 0 Å². The van der Waals surface area contributed by atoms with Gasteiger partial charge in [0.05, 0.1) is 32.0 Å². The van der Waals surface area contributed by atoms with Crippen molar-refractivity contribution in [2.24, 2.45) is 0 Å². The molecular formula is C20H29N4O4P. The van der Waals surface area contributed by atoms with E-state index in [2.05, 4.69) is 15.3 Å².